The number of nitrogens with zero attached hydrogens (tertiary/aromatic N) is 2. The number of aromatic nitrogens is 2. The molecule has 0 aliphatic heterocycles. The van der Waals surface area contributed by atoms with Crippen molar-refractivity contribution in [3.8, 4) is 5.75 Å². The molecule has 1 heterocycles. The van der Waals surface area contributed by atoms with Crippen LogP contribution >= 0.6 is 0 Å². The summed E-state index contributed by atoms with van der Waals surface area (Å²) in [5.41, 5.74) is 8.02. The Morgan fingerprint density at radius 1 is 1.42 bits per heavy atom. The van der Waals surface area contributed by atoms with Gasteiger partial charge in [0, 0.05) is 24.7 Å². The maximum absolute atomic E-state index is 13.7. The van der Waals surface area contributed by atoms with Crippen molar-refractivity contribution in [1.82, 2.24) is 9.78 Å². The fourth-order valence-corrected chi connectivity index (χ4v) is 1.92. The molecule has 1 aromatic carbocycles. The maximum Gasteiger partial charge on any atom is 0.131 e. The SMILES string of the molecule is Cc1cc(COc2ccc([C@@H](C)N)c(F)c2)n(C)n1. The third kappa shape index (κ3) is 3.12. The van der Waals surface area contributed by atoms with Gasteiger partial charge >= 0.3 is 0 Å². The molecule has 4 nitrogen and oxygen atoms in total. The molecule has 19 heavy (non-hydrogen) atoms. The Morgan fingerprint density at radius 2 is 2.16 bits per heavy atom. The molecule has 102 valence electrons. The first-order valence-corrected chi connectivity index (χ1v) is 6.14. The van der Waals surface area contributed by atoms with Gasteiger partial charge < -0.3 is 10.5 Å². The van der Waals surface area contributed by atoms with Gasteiger partial charge in [0.05, 0.1) is 11.4 Å². The quantitative estimate of drug-likeness (QED) is 0.922. The number of ether oxygens (including phenoxy) is 1. The fourth-order valence-electron chi connectivity index (χ4n) is 1.92. The van der Waals surface area contributed by atoms with E-state index in [1.165, 1.54) is 6.07 Å². The van der Waals surface area contributed by atoms with E-state index in [2.05, 4.69) is 5.10 Å². The summed E-state index contributed by atoms with van der Waals surface area (Å²) in [6.07, 6.45) is 0. The lowest BCUT2D eigenvalue weighted by Gasteiger charge is -2.10. The Hall–Kier alpha value is -1.88. The summed E-state index contributed by atoms with van der Waals surface area (Å²) in [4.78, 5) is 0. The minimum atomic E-state index is -0.339. The second kappa shape index (κ2) is 5.40. The van der Waals surface area contributed by atoms with Gasteiger partial charge in [-0.15, -0.1) is 0 Å². The smallest absolute Gasteiger partial charge is 0.131 e. The summed E-state index contributed by atoms with van der Waals surface area (Å²) in [6.45, 7) is 4.02. The minimum absolute atomic E-state index is 0.325. The van der Waals surface area contributed by atoms with Crippen LogP contribution in [0.5, 0.6) is 5.75 Å². The van der Waals surface area contributed by atoms with E-state index in [-0.39, 0.29) is 11.9 Å². The molecule has 0 bridgehead atoms. The molecule has 5 heteroatoms. The van der Waals surface area contributed by atoms with E-state index in [1.54, 1.807) is 23.7 Å². The fraction of sp³-hybridized carbons (Fsp3) is 0.357. The Morgan fingerprint density at radius 3 is 2.68 bits per heavy atom. The van der Waals surface area contributed by atoms with Crippen molar-refractivity contribution in [1.29, 1.82) is 0 Å². The Balaban J connectivity index is 2.08. The highest BCUT2D eigenvalue weighted by Crippen LogP contribution is 2.21. The molecule has 0 radical (unpaired) electrons. The average Bonchev–Trinajstić information content (AvgIpc) is 2.65. The van der Waals surface area contributed by atoms with Crippen LogP contribution in [-0.2, 0) is 13.7 Å². The summed E-state index contributed by atoms with van der Waals surface area (Å²) in [6, 6.07) is 6.36. The molecule has 0 unspecified atom stereocenters. The molecule has 0 saturated heterocycles. The monoisotopic (exact) mass is 263 g/mol. The van der Waals surface area contributed by atoms with Gasteiger partial charge in [-0.05, 0) is 26.0 Å². The second-order valence-electron chi connectivity index (χ2n) is 4.66. The van der Waals surface area contributed by atoms with Crippen molar-refractivity contribution in [3.05, 3.63) is 47.0 Å². The van der Waals surface area contributed by atoms with Crippen LogP contribution < -0.4 is 10.5 Å². The lowest BCUT2D eigenvalue weighted by Crippen LogP contribution is -2.08. The predicted octanol–water partition coefficient (Wildman–Crippen LogP) is 2.47. The number of nitrogens with two attached hydrogens (primary N) is 1. The van der Waals surface area contributed by atoms with Crippen LogP contribution in [-0.4, -0.2) is 9.78 Å². The standard InChI is InChI=1S/C14H18FN3O/c1-9-6-11(18(3)17-9)8-19-12-4-5-13(10(2)16)14(15)7-12/h4-7,10H,8,16H2,1-3H3/t10-/m1/s1. The van der Waals surface area contributed by atoms with Crippen molar-refractivity contribution in [2.75, 3.05) is 0 Å². The van der Waals surface area contributed by atoms with Crippen LogP contribution in [0.25, 0.3) is 0 Å². The first kappa shape index (κ1) is 13.5. The Labute approximate surface area is 112 Å². The zero-order valence-electron chi connectivity index (χ0n) is 11.4. The van der Waals surface area contributed by atoms with Crippen molar-refractivity contribution in [3.63, 3.8) is 0 Å². The molecule has 1 aromatic heterocycles. The highest BCUT2D eigenvalue weighted by molar-refractivity contribution is 5.30. The Bertz CT molecular complexity index is 578. The summed E-state index contributed by atoms with van der Waals surface area (Å²) in [5, 5.41) is 4.22. The van der Waals surface area contributed by atoms with Crippen LogP contribution in [0.4, 0.5) is 4.39 Å². The first-order chi connectivity index (χ1) is 8.97. The normalized spacial score (nSPS) is 12.5. The molecule has 0 aliphatic carbocycles. The van der Waals surface area contributed by atoms with E-state index in [4.69, 9.17) is 10.5 Å². The predicted molar refractivity (Wildman–Crippen MR) is 71.3 cm³/mol. The molecule has 0 saturated carbocycles. The van der Waals surface area contributed by atoms with Gasteiger partial charge in [0.25, 0.3) is 0 Å². The first-order valence-electron chi connectivity index (χ1n) is 6.14. The summed E-state index contributed by atoms with van der Waals surface area (Å²) in [7, 11) is 1.85. The van der Waals surface area contributed by atoms with Gasteiger partial charge in [-0.1, -0.05) is 6.07 Å². The number of rotatable bonds is 4. The van der Waals surface area contributed by atoms with Gasteiger partial charge in [0.1, 0.15) is 18.2 Å². The number of halogens is 1. The van der Waals surface area contributed by atoms with Gasteiger partial charge in [-0.3, -0.25) is 4.68 Å². The number of hydrogen-bond donors (Lipinski definition) is 1. The van der Waals surface area contributed by atoms with Crippen molar-refractivity contribution in [2.24, 2.45) is 12.8 Å². The van der Waals surface area contributed by atoms with Gasteiger partial charge in [0.15, 0.2) is 0 Å². The van der Waals surface area contributed by atoms with Crippen molar-refractivity contribution < 1.29 is 9.13 Å². The van der Waals surface area contributed by atoms with Crippen LogP contribution in [0.1, 0.15) is 29.9 Å². The number of benzene rings is 1. The molecule has 2 N–H and O–H groups in total. The highest BCUT2D eigenvalue weighted by atomic mass is 19.1. The zero-order chi connectivity index (χ0) is 14.0. The van der Waals surface area contributed by atoms with E-state index in [9.17, 15) is 4.39 Å². The van der Waals surface area contributed by atoms with E-state index in [0.29, 0.717) is 17.9 Å². The van der Waals surface area contributed by atoms with Crippen molar-refractivity contribution >= 4 is 0 Å². The van der Waals surface area contributed by atoms with E-state index < -0.39 is 0 Å². The van der Waals surface area contributed by atoms with E-state index in [1.807, 2.05) is 20.0 Å². The lowest BCUT2D eigenvalue weighted by atomic mass is 10.1. The summed E-state index contributed by atoms with van der Waals surface area (Å²) in [5.74, 6) is 0.148. The number of aryl methyl sites for hydroxylation is 2. The molecule has 0 spiro atoms. The van der Waals surface area contributed by atoms with Crippen LogP contribution in [0.2, 0.25) is 0 Å². The zero-order valence-corrected chi connectivity index (χ0v) is 11.4. The van der Waals surface area contributed by atoms with Crippen LogP contribution in [0.15, 0.2) is 24.3 Å². The van der Waals surface area contributed by atoms with E-state index >= 15 is 0 Å². The summed E-state index contributed by atoms with van der Waals surface area (Å²) < 4.78 is 21.0. The van der Waals surface area contributed by atoms with Gasteiger partial charge in [0.2, 0.25) is 0 Å². The lowest BCUT2D eigenvalue weighted by molar-refractivity contribution is 0.293. The molecular weight excluding hydrogens is 245 g/mol. The maximum atomic E-state index is 13.7. The molecule has 1 atom stereocenters. The number of hydrogen-bond acceptors (Lipinski definition) is 3. The minimum Gasteiger partial charge on any atom is -0.487 e. The summed E-state index contributed by atoms with van der Waals surface area (Å²) >= 11 is 0. The average molecular weight is 263 g/mol. The second-order valence-corrected chi connectivity index (χ2v) is 4.66. The van der Waals surface area contributed by atoms with Crippen LogP contribution in [0.3, 0.4) is 0 Å². The molecule has 0 fully saturated rings. The van der Waals surface area contributed by atoms with Crippen molar-refractivity contribution in [2.45, 2.75) is 26.5 Å². The molecule has 2 aromatic rings. The topological polar surface area (TPSA) is 53.1 Å². The van der Waals surface area contributed by atoms with Gasteiger partial charge in [-0.2, -0.15) is 5.10 Å². The third-order valence-electron chi connectivity index (χ3n) is 2.95. The molecule has 0 amide bonds. The largest absolute Gasteiger partial charge is 0.487 e. The molecule has 2 rings (SSSR count). The van der Waals surface area contributed by atoms with Gasteiger partial charge in [-0.25, -0.2) is 4.39 Å². The van der Waals surface area contributed by atoms with E-state index in [0.717, 1.165) is 11.4 Å². The third-order valence-corrected chi connectivity index (χ3v) is 2.95. The highest BCUT2D eigenvalue weighted by Gasteiger charge is 2.09. The Kier molecular flexibility index (Phi) is 3.85. The molecule has 0 aliphatic rings. The van der Waals surface area contributed by atoms with Crippen LogP contribution in [0, 0.1) is 12.7 Å². The molecular formula is C14H18FN3O.